The van der Waals surface area contributed by atoms with Gasteiger partial charge in [-0.15, -0.1) is 0 Å². The van der Waals surface area contributed by atoms with E-state index in [1.165, 1.54) is 44.7 Å². The number of para-hydroxylation sites is 1. The number of amides is 1. The van der Waals surface area contributed by atoms with Crippen molar-refractivity contribution < 1.29 is 9.90 Å². The van der Waals surface area contributed by atoms with E-state index < -0.39 is 0 Å². The lowest BCUT2D eigenvalue weighted by molar-refractivity contribution is -0.122. The van der Waals surface area contributed by atoms with Gasteiger partial charge in [0, 0.05) is 11.5 Å². The van der Waals surface area contributed by atoms with E-state index in [9.17, 15) is 9.90 Å². The number of rotatable bonds is 3. The number of carbonyl (C=O) groups is 1. The molecule has 0 spiro atoms. The molecule has 2 fully saturated rings. The lowest BCUT2D eigenvalue weighted by Crippen LogP contribution is -2.21. The second-order valence-electron chi connectivity index (χ2n) is 6.14. The predicted molar refractivity (Wildman–Crippen MR) is 82.0 cm³/mol. The van der Waals surface area contributed by atoms with E-state index in [1.54, 1.807) is 18.2 Å². The standard InChI is InChI=1S/C17H22N2O2/c20-15-10-6-5-7-12(15)11-18-19-17(21)16-13-8-3-1-2-4-9-14(13)16/h5-7,10-11,13-14,16,20H,1-4,8-9H2,(H,19,21)/t13-,14-/m0/s1. The number of hydrazone groups is 1. The maximum absolute atomic E-state index is 12.2. The van der Waals surface area contributed by atoms with E-state index in [0.29, 0.717) is 17.4 Å². The van der Waals surface area contributed by atoms with Gasteiger partial charge in [0.2, 0.25) is 5.91 Å². The summed E-state index contributed by atoms with van der Waals surface area (Å²) in [6, 6.07) is 6.94. The molecule has 2 aliphatic carbocycles. The molecule has 2 atom stereocenters. The first-order valence-electron chi connectivity index (χ1n) is 7.88. The minimum absolute atomic E-state index is 0.0403. The fraction of sp³-hybridized carbons (Fsp3) is 0.529. The molecule has 0 unspecified atom stereocenters. The van der Waals surface area contributed by atoms with Crippen LogP contribution in [0.1, 0.15) is 44.1 Å². The van der Waals surface area contributed by atoms with Crippen molar-refractivity contribution >= 4 is 12.1 Å². The lowest BCUT2D eigenvalue weighted by Gasteiger charge is -2.04. The lowest BCUT2D eigenvalue weighted by atomic mass is 10.0. The largest absolute Gasteiger partial charge is 0.507 e. The molecule has 2 N–H and O–H groups in total. The Labute approximate surface area is 125 Å². The minimum atomic E-state index is 0.0403. The highest BCUT2D eigenvalue weighted by molar-refractivity contribution is 5.86. The smallest absolute Gasteiger partial charge is 0.243 e. The van der Waals surface area contributed by atoms with Gasteiger partial charge in [0.1, 0.15) is 5.75 Å². The van der Waals surface area contributed by atoms with Crippen molar-refractivity contribution in [3.8, 4) is 5.75 Å². The number of benzene rings is 1. The van der Waals surface area contributed by atoms with E-state index in [2.05, 4.69) is 10.5 Å². The number of carbonyl (C=O) groups excluding carboxylic acids is 1. The van der Waals surface area contributed by atoms with Gasteiger partial charge in [0.25, 0.3) is 0 Å². The third-order valence-corrected chi connectivity index (χ3v) is 4.77. The monoisotopic (exact) mass is 286 g/mol. The Morgan fingerprint density at radius 1 is 1.14 bits per heavy atom. The average Bonchev–Trinajstić information content (AvgIpc) is 3.12. The molecule has 0 heterocycles. The van der Waals surface area contributed by atoms with Gasteiger partial charge in [-0.3, -0.25) is 4.79 Å². The number of nitrogens with zero attached hydrogens (tertiary/aromatic N) is 1. The Morgan fingerprint density at radius 3 is 2.48 bits per heavy atom. The number of aromatic hydroxyl groups is 1. The average molecular weight is 286 g/mol. The van der Waals surface area contributed by atoms with E-state index in [1.807, 2.05) is 6.07 Å². The van der Waals surface area contributed by atoms with Crippen LogP contribution in [-0.2, 0) is 4.79 Å². The topological polar surface area (TPSA) is 61.7 Å². The van der Waals surface area contributed by atoms with Gasteiger partial charge < -0.3 is 5.11 Å². The van der Waals surface area contributed by atoms with Gasteiger partial charge >= 0.3 is 0 Å². The molecular weight excluding hydrogens is 264 g/mol. The normalized spacial score (nSPS) is 28.5. The molecule has 0 aliphatic heterocycles. The van der Waals surface area contributed by atoms with Gasteiger partial charge in [0.05, 0.1) is 6.21 Å². The van der Waals surface area contributed by atoms with Crippen molar-refractivity contribution in [3.05, 3.63) is 29.8 Å². The van der Waals surface area contributed by atoms with Gasteiger partial charge in [-0.25, -0.2) is 5.43 Å². The van der Waals surface area contributed by atoms with Crippen LogP contribution in [0.4, 0.5) is 0 Å². The Bertz CT molecular complexity index is 527. The number of nitrogens with one attached hydrogen (secondary N) is 1. The maximum Gasteiger partial charge on any atom is 0.243 e. The summed E-state index contributed by atoms with van der Waals surface area (Å²) in [4.78, 5) is 12.2. The van der Waals surface area contributed by atoms with Crippen molar-refractivity contribution in [1.29, 1.82) is 0 Å². The third kappa shape index (κ3) is 3.26. The molecule has 0 radical (unpaired) electrons. The summed E-state index contributed by atoms with van der Waals surface area (Å²) in [6.07, 6.45) is 9.00. The molecule has 3 rings (SSSR count). The van der Waals surface area contributed by atoms with Gasteiger partial charge in [0.15, 0.2) is 0 Å². The summed E-state index contributed by atoms with van der Waals surface area (Å²) < 4.78 is 0. The maximum atomic E-state index is 12.2. The highest BCUT2D eigenvalue weighted by atomic mass is 16.3. The van der Waals surface area contributed by atoms with Crippen LogP contribution in [-0.4, -0.2) is 17.2 Å². The number of hydrogen-bond donors (Lipinski definition) is 2. The summed E-state index contributed by atoms with van der Waals surface area (Å²) in [5.74, 6) is 1.52. The van der Waals surface area contributed by atoms with Crippen LogP contribution in [0.15, 0.2) is 29.4 Å². The molecule has 4 nitrogen and oxygen atoms in total. The molecular formula is C17H22N2O2. The fourth-order valence-corrected chi connectivity index (χ4v) is 3.57. The first kappa shape index (κ1) is 14.1. The van der Waals surface area contributed by atoms with Gasteiger partial charge in [-0.2, -0.15) is 5.10 Å². The van der Waals surface area contributed by atoms with Crippen LogP contribution in [0, 0.1) is 17.8 Å². The second kappa shape index (κ2) is 6.29. The molecule has 2 aliphatic rings. The molecule has 21 heavy (non-hydrogen) atoms. The van der Waals surface area contributed by atoms with Crippen molar-refractivity contribution in [3.63, 3.8) is 0 Å². The zero-order valence-corrected chi connectivity index (χ0v) is 12.2. The van der Waals surface area contributed by atoms with Crippen LogP contribution < -0.4 is 5.43 Å². The molecule has 112 valence electrons. The Morgan fingerprint density at radius 2 is 1.81 bits per heavy atom. The van der Waals surface area contributed by atoms with Crippen LogP contribution >= 0.6 is 0 Å². The Kier molecular flexibility index (Phi) is 4.23. The van der Waals surface area contributed by atoms with Crippen LogP contribution in [0.3, 0.4) is 0 Å². The summed E-state index contributed by atoms with van der Waals surface area (Å²) >= 11 is 0. The molecule has 0 aromatic heterocycles. The van der Waals surface area contributed by atoms with Gasteiger partial charge in [-0.1, -0.05) is 37.8 Å². The molecule has 1 aromatic carbocycles. The van der Waals surface area contributed by atoms with Crippen molar-refractivity contribution in [1.82, 2.24) is 5.43 Å². The third-order valence-electron chi connectivity index (χ3n) is 4.77. The van der Waals surface area contributed by atoms with E-state index >= 15 is 0 Å². The number of phenols is 1. The molecule has 1 aromatic rings. The van der Waals surface area contributed by atoms with E-state index in [4.69, 9.17) is 0 Å². The quantitative estimate of drug-likeness (QED) is 0.662. The van der Waals surface area contributed by atoms with E-state index in [-0.39, 0.29) is 17.6 Å². The number of fused-ring (bicyclic) bond motifs is 1. The van der Waals surface area contributed by atoms with Crippen LogP contribution in [0.25, 0.3) is 0 Å². The SMILES string of the molecule is O=C(NN=Cc1ccccc1O)C1[C@H]2CCCCCC[C@H]12. The molecule has 0 bridgehead atoms. The zero-order chi connectivity index (χ0) is 14.7. The molecule has 4 heteroatoms. The molecule has 0 saturated heterocycles. The first-order chi connectivity index (χ1) is 10.3. The Balaban J connectivity index is 1.54. The molecule has 1 amide bonds. The highest BCUT2D eigenvalue weighted by Crippen LogP contribution is 2.53. The highest BCUT2D eigenvalue weighted by Gasteiger charge is 2.53. The van der Waals surface area contributed by atoms with Crippen LogP contribution in [0.2, 0.25) is 0 Å². The second-order valence-corrected chi connectivity index (χ2v) is 6.14. The van der Waals surface area contributed by atoms with Crippen LogP contribution in [0.5, 0.6) is 5.75 Å². The van der Waals surface area contributed by atoms with Crippen molar-refractivity contribution in [2.75, 3.05) is 0 Å². The first-order valence-corrected chi connectivity index (χ1v) is 7.88. The molecule has 2 saturated carbocycles. The summed E-state index contributed by atoms with van der Waals surface area (Å²) in [7, 11) is 0. The number of hydrogen-bond acceptors (Lipinski definition) is 3. The van der Waals surface area contributed by atoms with Crippen molar-refractivity contribution in [2.45, 2.75) is 38.5 Å². The fourth-order valence-electron chi connectivity index (χ4n) is 3.57. The summed E-state index contributed by atoms with van der Waals surface area (Å²) in [5, 5.41) is 13.6. The van der Waals surface area contributed by atoms with Gasteiger partial charge in [-0.05, 0) is 36.8 Å². The Hall–Kier alpha value is -1.84. The summed E-state index contributed by atoms with van der Waals surface area (Å²) in [6.45, 7) is 0. The predicted octanol–water partition coefficient (Wildman–Crippen LogP) is 3.06. The van der Waals surface area contributed by atoms with E-state index in [0.717, 1.165) is 0 Å². The number of phenolic OH excluding ortho intramolecular Hbond substituents is 1. The summed E-state index contributed by atoms with van der Waals surface area (Å²) in [5.41, 5.74) is 3.25. The zero-order valence-electron chi connectivity index (χ0n) is 12.2. The van der Waals surface area contributed by atoms with Crippen molar-refractivity contribution in [2.24, 2.45) is 22.9 Å². The minimum Gasteiger partial charge on any atom is -0.507 e.